The Hall–Kier alpha value is -3.01. The molecule has 4 heteroatoms. The minimum Gasteiger partial charge on any atom is -0.465 e. The van der Waals surface area contributed by atoms with E-state index in [2.05, 4.69) is 71.3 Å². The molecule has 31 heavy (non-hydrogen) atoms. The first-order chi connectivity index (χ1) is 15.2. The van der Waals surface area contributed by atoms with Crippen molar-refractivity contribution in [2.45, 2.75) is 43.9 Å². The van der Waals surface area contributed by atoms with Gasteiger partial charge in [0.1, 0.15) is 0 Å². The zero-order chi connectivity index (χ0) is 21.2. The Balaban J connectivity index is 1.70. The van der Waals surface area contributed by atoms with Crippen LogP contribution in [0.5, 0.6) is 0 Å². The van der Waals surface area contributed by atoms with Gasteiger partial charge in [0, 0.05) is 46.7 Å². The predicted molar refractivity (Wildman–Crippen MR) is 123 cm³/mol. The summed E-state index contributed by atoms with van der Waals surface area (Å²) in [5.41, 5.74) is 5.62. The highest BCUT2D eigenvalue weighted by Crippen LogP contribution is 2.62. The maximum absolute atomic E-state index is 13.8. The molecule has 1 saturated carbocycles. The van der Waals surface area contributed by atoms with Gasteiger partial charge >= 0.3 is 5.97 Å². The number of carbonyl (C=O) groups excluding carboxylic acids is 1. The fourth-order valence-electron chi connectivity index (χ4n) is 6.73. The zero-order valence-corrected chi connectivity index (χ0v) is 18.2. The number of fused-ring (bicyclic) bond motifs is 6. The maximum atomic E-state index is 13.8. The Morgan fingerprint density at radius 3 is 2.74 bits per heavy atom. The number of benzene rings is 2. The molecule has 0 radical (unpaired) electrons. The molecule has 4 nitrogen and oxygen atoms in total. The summed E-state index contributed by atoms with van der Waals surface area (Å²) in [4.78, 5) is 17.2. The van der Waals surface area contributed by atoms with Crippen LogP contribution >= 0.6 is 0 Å². The molecule has 0 saturated heterocycles. The summed E-state index contributed by atoms with van der Waals surface area (Å²) in [5, 5.41) is 2.47. The molecule has 3 atom stereocenters. The van der Waals surface area contributed by atoms with E-state index >= 15 is 0 Å². The molecule has 2 aliphatic carbocycles. The van der Waals surface area contributed by atoms with Crippen LogP contribution in [0.3, 0.4) is 0 Å². The lowest BCUT2D eigenvalue weighted by molar-refractivity contribution is -0.153. The van der Waals surface area contributed by atoms with E-state index in [1.165, 1.54) is 33.1 Å². The number of hydrogen-bond donors (Lipinski definition) is 1. The summed E-state index contributed by atoms with van der Waals surface area (Å²) in [6, 6.07) is 17.1. The molecule has 6 rings (SSSR count). The largest absolute Gasteiger partial charge is 0.465 e. The van der Waals surface area contributed by atoms with Gasteiger partial charge in [-0.3, -0.25) is 4.79 Å². The van der Waals surface area contributed by atoms with E-state index in [9.17, 15) is 4.79 Å². The van der Waals surface area contributed by atoms with Crippen molar-refractivity contribution >= 4 is 27.8 Å². The van der Waals surface area contributed by atoms with Gasteiger partial charge in [0.05, 0.1) is 12.0 Å². The average Bonchev–Trinajstić information content (AvgIpc) is 3.44. The van der Waals surface area contributed by atoms with Gasteiger partial charge in [-0.2, -0.15) is 0 Å². The van der Waals surface area contributed by atoms with Gasteiger partial charge in [-0.05, 0) is 48.9 Å². The second-order valence-corrected chi connectivity index (χ2v) is 9.15. The Bertz CT molecular complexity index is 1310. The fraction of sp³-hybridized carbons (Fsp3) is 0.370. The van der Waals surface area contributed by atoms with Crippen molar-refractivity contribution in [1.29, 1.82) is 0 Å². The Morgan fingerprint density at radius 2 is 1.90 bits per heavy atom. The highest BCUT2D eigenvalue weighted by molar-refractivity contribution is 5.98. The van der Waals surface area contributed by atoms with Crippen molar-refractivity contribution < 1.29 is 9.53 Å². The number of esters is 1. The van der Waals surface area contributed by atoms with Crippen molar-refractivity contribution in [1.82, 2.24) is 9.55 Å². The first kappa shape index (κ1) is 18.7. The molecule has 0 spiro atoms. The number of aromatic nitrogens is 2. The molecule has 4 aromatic rings. The molecular formula is C27H28N2O2. The molecular weight excluding hydrogens is 384 g/mol. The van der Waals surface area contributed by atoms with Gasteiger partial charge in [0.2, 0.25) is 0 Å². The van der Waals surface area contributed by atoms with E-state index in [4.69, 9.17) is 4.74 Å². The standard InChI is InChI=1S/C27H28N2O2/c1-3-31-26(30)27-15-9-8-12-20(27)23(19-16-28-21-13-6-4-10-17(19)21)25-24(27)18-11-5-7-14-22(18)29(25)2/h4-7,10-11,13-14,16,20,23,28H,3,8-9,12,15H2,1-2H3/t20-,23-,27+/m1/s1. The predicted octanol–water partition coefficient (Wildman–Crippen LogP) is 5.80. The molecule has 2 aromatic carbocycles. The number of rotatable bonds is 3. The van der Waals surface area contributed by atoms with Crippen LogP contribution in [-0.2, 0) is 22.0 Å². The van der Waals surface area contributed by atoms with E-state index in [0.717, 1.165) is 31.2 Å². The lowest BCUT2D eigenvalue weighted by atomic mass is 9.63. The second kappa shape index (κ2) is 6.74. The van der Waals surface area contributed by atoms with E-state index < -0.39 is 5.41 Å². The van der Waals surface area contributed by atoms with Crippen LogP contribution in [0.15, 0.2) is 54.7 Å². The molecule has 0 amide bonds. The van der Waals surface area contributed by atoms with Crippen LogP contribution in [0.25, 0.3) is 21.8 Å². The van der Waals surface area contributed by atoms with Gasteiger partial charge in [0.15, 0.2) is 0 Å². The number of nitrogens with zero attached hydrogens (tertiary/aromatic N) is 1. The van der Waals surface area contributed by atoms with Crippen molar-refractivity contribution in [2.24, 2.45) is 13.0 Å². The molecule has 0 unspecified atom stereocenters. The fourth-order valence-corrected chi connectivity index (χ4v) is 6.73. The molecule has 158 valence electrons. The van der Waals surface area contributed by atoms with Crippen LogP contribution < -0.4 is 0 Å². The van der Waals surface area contributed by atoms with Crippen molar-refractivity contribution in [3.8, 4) is 0 Å². The minimum absolute atomic E-state index is 0.0281. The first-order valence-electron chi connectivity index (χ1n) is 11.5. The van der Waals surface area contributed by atoms with Crippen LogP contribution in [0.1, 0.15) is 55.3 Å². The number of para-hydroxylation sites is 2. The van der Waals surface area contributed by atoms with Gasteiger partial charge < -0.3 is 14.3 Å². The molecule has 1 fully saturated rings. The SMILES string of the molecule is CCOC(=O)[C@@]12CCCC[C@@H]1[C@@H](c1c[nH]c3ccccc13)c1c2c2ccccc2n1C. The maximum Gasteiger partial charge on any atom is 0.316 e. The van der Waals surface area contributed by atoms with Gasteiger partial charge in [-0.25, -0.2) is 0 Å². The van der Waals surface area contributed by atoms with E-state index in [1.54, 1.807) is 0 Å². The normalized spacial score (nSPS) is 25.0. The summed E-state index contributed by atoms with van der Waals surface area (Å²) >= 11 is 0. The van der Waals surface area contributed by atoms with E-state index in [1.807, 2.05) is 6.92 Å². The Labute approximate surface area is 182 Å². The number of aryl methyl sites for hydroxylation is 1. The highest BCUT2D eigenvalue weighted by Gasteiger charge is 2.61. The number of H-pyrrole nitrogens is 1. The van der Waals surface area contributed by atoms with Crippen LogP contribution in [-0.4, -0.2) is 22.1 Å². The number of carbonyl (C=O) groups is 1. The number of aromatic amines is 1. The number of ether oxygens (including phenoxy) is 1. The van der Waals surface area contributed by atoms with Crippen LogP contribution in [0.4, 0.5) is 0 Å². The van der Waals surface area contributed by atoms with Crippen LogP contribution in [0, 0.1) is 5.92 Å². The van der Waals surface area contributed by atoms with Crippen molar-refractivity contribution in [3.63, 3.8) is 0 Å². The molecule has 2 aromatic heterocycles. The van der Waals surface area contributed by atoms with Gasteiger partial charge in [0.25, 0.3) is 0 Å². The topological polar surface area (TPSA) is 47.0 Å². The lowest BCUT2D eigenvalue weighted by Gasteiger charge is -2.40. The third-order valence-corrected chi connectivity index (χ3v) is 7.86. The van der Waals surface area contributed by atoms with Crippen molar-refractivity contribution in [3.05, 3.63) is 71.5 Å². The Kier molecular flexibility index (Phi) is 4.08. The summed E-state index contributed by atoms with van der Waals surface area (Å²) in [6.07, 6.45) is 6.32. The van der Waals surface area contributed by atoms with Gasteiger partial charge in [-0.15, -0.1) is 0 Å². The van der Waals surface area contributed by atoms with E-state index in [0.29, 0.717) is 6.61 Å². The van der Waals surface area contributed by atoms with Crippen molar-refractivity contribution in [2.75, 3.05) is 6.61 Å². The minimum atomic E-state index is -0.562. The highest BCUT2D eigenvalue weighted by atomic mass is 16.5. The summed E-state index contributed by atoms with van der Waals surface area (Å²) < 4.78 is 8.14. The molecule has 2 aliphatic rings. The smallest absolute Gasteiger partial charge is 0.316 e. The summed E-state index contributed by atoms with van der Waals surface area (Å²) in [5.74, 6) is 0.369. The monoisotopic (exact) mass is 412 g/mol. The summed E-state index contributed by atoms with van der Waals surface area (Å²) in [6.45, 7) is 2.34. The molecule has 0 aliphatic heterocycles. The molecule has 2 heterocycles. The average molecular weight is 413 g/mol. The Morgan fingerprint density at radius 1 is 1.13 bits per heavy atom. The molecule has 1 N–H and O–H groups in total. The third-order valence-electron chi connectivity index (χ3n) is 7.86. The molecule has 0 bridgehead atoms. The zero-order valence-electron chi connectivity index (χ0n) is 18.2. The number of nitrogens with one attached hydrogen (secondary N) is 1. The van der Waals surface area contributed by atoms with Crippen LogP contribution in [0.2, 0.25) is 0 Å². The quantitative estimate of drug-likeness (QED) is 0.433. The van der Waals surface area contributed by atoms with E-state index in [-0.39, 0.29) is 17.8 Å². The lowest BCUT2D eigenvalue weighted by Crippen LogP contribution is -2.44. The second-order valence-electron chi connectivity index (χ2n) is 9.15. The first-order valence-corrected chi connectivity index (χ1v) is 11.5. The third kappa shape index (κ3) is 2.33. The number of hydrogen-bond acceptors (Lipinski definition) is 2. The summed E-state index contributed by atoms with van der Waals surface area (Å²) in [7, 11) is 2.17. The van der Waals surface area contributed by atoms with Gasteiger partial charge in [-0.1, -0.05) is 49.2 Å².